The third-order valence-electron chi connectivity index (χ3n) is 3.38. The summed E-state index contributed by atoms with van der Waals surface area (Å²) in [6, 6.07) is 9.30. The van der Waals surface area contributed by atoms with Crippen LogP contribution in [0.5, 0.6) is 11.5 Å². The number of ether oxygens (including phenoxy) is 1. The summed E-state index contributed by atoms with van der Waals surface area (Å²) >= 11 is 0. The molecule has 0 amide bonds. The lowest BCUT2D eigenvalue weighted by atomic mass is 10.1. The highest BCUT2D eigenvalue weighted by atomic mass is 19.1. The molecular formula is C18H20F2O. The summed E-state index contributed by atoms with van der Waals surface area (Å²) in [6.45, 7) is 3.82. The minimum atomic E-state index is -0.327. The Balaban J connectivity index is 2.13. The van der Waals surface area contributed by atoms with Crippen molar-refractivity contribution in [2.75, 3.05) is 0 Å². The van der Waals surface area contributed by atoms with Gasteiger partial charge in [-0.2, -0.15) is 0 Å². The predicted octanol–water partition coefficient (Wildman–Crippen LogP) is 5.80. The van der Waals surface area contributed by atoms with Crippen LogP contribution in [0.25, 0.3) is 0 Å². The normalized spacial score (nSPS) is 10.7. The van der Waals surface area contributed by atoms with E-state index in [1.165, 1.54) is 18.2 Å². The average molecular weight is 290 g/mol. The summed E-state index contributed by atoms with van der Waals surface area (Å²) in [5, 5.41) is 0. The first-order chi connectivity index (χ1) is 10.1. The van der Waals surface area contributed by atoms with Crippen molar-refractivity contribution in [1.82, 2.24) is 0 Å². The van der Waals surface area contributed by atoms with E-state index < -0.39 is 0 Å². The molecule has 2 aromatic carbocycles. The lowest BCUT2D eigenvalue weighted by Gasteiger charge is -2.09. The Hall–Kier alpha value is -1.90. The van der Waals surface area contributed by atoms with Crippen LogP contribution >= 0.6 is 0 Å². The SMILES string of the molecule is CCCCCc1cc(F)cc(Oc2ccc(C)c(F)c2)c1. The van der Waals surface area contributed by atoms with Gasteiger partial charge >= 0.3 is 0 Å². The molecule has 0 saturated carbocycles. The minimum Gasteiger partial charge on any atom is -0.457 e. The van der Waals surface area contributed by atoms with Crippen molar-refractivity contribution in [3.63, 3.8) is 0 Å². The zero-order valence-corrected chi connectivity index (χ0v) is 12.5. The van der Waals surface area contributed by atoms with E-state index in [2.05, 4.69) is 6.92 Å². The van der Waals surface area contributed by atoms with E-state index >= 15 is 0 Å². The summed E-state index contributed by atoms with van der Waals surface area (Å²) in [6.07, 6.45) is 4.10. The zero-order chi connectivity index (χ0) is 15.2. The third-order valence-corrected chi connectivity index (χ3v) is 3.38. The van der Waals surface area contributed by atoms with Crippen LogP contribution in [0.15, 0.2) is 36.4 Å². The van der Waals surface area contributed by atoms with Crippen LogP contribution in [-0.4, -0.2) is 0 Å². The minimum absolute atomic E-state index is 0.327. The Morgan fingerprint density at radius 1 is 0.952 bits per heavy atom. The van der Waals surface area contributed by atoms with Crippen LogP contribution in [0.4, 0.5) is 8.78 Å². The number of halogens is 2. The molecule has 2 rings (SSSR count). The van der Waals surface area contributed by atoms with Gasteiger partial charge in [0.25, 0.3) is 0 Å². The molecule has 0 aliphatic rings. The number of hydrogen-bond acceptors (Lipinski definition) is 1. The molecular weight excluding hydrogens is 270 g/mol. The second-order valence-corrected chi connectivity index (χ2v) is 5.27. The van der Waals surface area contributed by atoms with Gasteiger partial charge in [0, 0.05) is 12.1 Å². The first-order valence-electron chi connectivity index (χ1n) is 7.32. The summed E-state index contributed by atoms with van der Waals surface area (Å²) in [7, 11) is 0. The van der Waals surface area contributed by atoms with Gasteiger partial charge in [-0.15, -0.1) is 0 Å². The predicted molar refractivity (Wildman–Crippen MR) is 80.8 cm³/mol. The van der Waals surface area contributed by atoms with Gasteiger partial charge in [0.05, 0.1) is 0 Å². The average Bonchev–Trinajstić information content (AvgIpc) is 2.43. The molecule has 21 heavy (non-hydrogen) atoms. The fraction of sp³-hybridized carbons (Fsp3) is 0.333. The van der Waals surface area contributed by atoms with E-state index in [4.69, 9.17) is 4.74 Å². The Morgan fingerprint density at radius 2 is 1.76 bits per heavy atom. The van der Waals surface area contributed by atoms with Gasteiger partial charge in [0.15, 0.2) is 0 Å². The van der Waals surface area contributed by atoms with Gasteiger partial charge in [0.2, 0.25) is 0 Å². The standard InChI is InChI=1S/C18H20F2O/c1-3-4-5-6-14-9-15(19)11-17(10-14)21-16-8-7-13(2)18(20)12-16/h7-12H,3-6H2,1-2H3. The first kappa shape index (κ1) is 15.5. The third kappa shape index (κ3) is 4.55. The molecule has 0 bridgehead atoms. The molecule has 0 aliphatic carbocycles. The van der Waals surface area contributed by atoms with E-state index in [1.54, 1.807) is 19.1 Å². The van der Waals surface area contributed by atoms with E-state index in [1.807, 2.05) is 6.07 Å². The number of unbranched alkanes of at least 4 members (excludes halogenated alkanes) is 2. The summed E-state index contributed by atoms with van der Waals surface area (Å²) in [5.74, 6) is 0.131. The van der Waals surface area contributed by atoms with E-state index in [9.17, 15) is 8.78 Å². The Bertz CT molecular complexity index is 608. The fourth-order valence-electron chi connectivity index (χ4n) is 2.18. The van der Waals surface area contributed by atoms with Gasteiger partial charge in [-0.1, -0.05) is 25.8 Å². The first-order valence-corrected chi connectivity index (χ1v) is 7.32. The summed E-state index contributed by atoms with van der Waals surface area (Å²) in [4.78, 5) is 0. The highest BCUT2D eigenvalue weighted by molar-refractivity contribution is 5.36. The maximum Gasteiger partial charge on any atom is 0.130 e. The quantitative estimate of drug-likeness (QED) is 0.611. The second-order valence-electron chi connectivity index (χ2n) is 5.27. The number of rotatable bonds is 6. The highest BCUT2D eigenvalue weighted by Crippen LogP contribution is 2.25. The van der Waals surface area contributed by atoms with Crippen LogP contribution < -0.4 is 4.74 Å². The van der Waals surface area contributed by atoms with Crippen molar-refractivity contribution in [3.05, 3.63) is 59.2 Å². The lowest BCUT2D eigenvalue weighted by Crippen LogP contribution is -1.92. The van der Waals surface area contributed by atoms with Crippen molar-refractivity contribution in [2.24, 2.45) is 0 Å². The van der Waals surface area contributed by atoms with Crippen molar-refractivity contribution in [3.8, 4) is 11.5 Å². The Labute approximate surface area is 124 Å². The molecule has 0 spiro atoms. The number of aryl methyl sites for hydroxylation is 2. The van der Waals surface area contributed by atoms with Crippen LogP contribution in [-0.2, 0) is 6.42 Å². The molecule has 0 unspecified atom stereocenters. The van der Waals surface area contributed by atoms with Gasteiger partial charge in [-0.05, 0) is 49.1 Å². The van der Waals surface area contributed by atoms with Crippen molar-refractivity contribution < 1.29 is 13.5 Å². The van der Waals surface area contributed by atoms with Crippen molar-refractivity contribution in [2.45, 2.75) is 39.5 Å². The van der Waals surface area contributed by atoms with Gasteiger partial charge in [-0.3, -0.25) is 0 Å². The molecule has 0 fully saturated rings. The topological polar surface area (TPSA) is 9.23 Å². The maximum atomic E-state index is 13.6. The number of hydrogen-bond donors (Lipinski definition) is 0. The molecule has 2 aromatic rings. The largest absolute Gasteiger partial charge is 0.457 e. The molecule has 0 heterocycles. The highest BCUT2D eigenvalue weighted by Gasteiger charge is 2.05. The molecule has 0 N–H and O–H groups in total. The Kier molecular flexibility index (Phi) is 5.32. The summed E-state index contributed by atoms with van der Waals surface area (Å²) in [5.41, 5.74) is 1.47. The molecule has 0 saturated heterocycles. The maximum absolute atomic E-state index is 13.6. The lowest BCUT2D eigenvalue weighted by molar-refractivity contribution is 0.469. The van der Waals surface area contributed by atoms with Crippen LogP contribution in [0.1, 0.15) is 37.3 Å². The summed E-state index contributed by atoms with van der Waals surface area (Å²) < 4.78 is 32.7. The molecule has 112 valence electrons. The number of benzene rings is 2. The molecule has 1 nitrogen and oxygen atoms in total. The van der Waals surface area contributed by atoms with Gasteiger partial charge in [0.1, 0.15) is 23.1 Å². The van der Waals surface area contributed by atoms with Crippen LogP contribution in [0.3, 0.4) is 0 Å². The molecule has 0 aliphatic heterocycles. The smallest absolute Gasteiger partial charge is 0.130 e. The van der Waals surface area contributed by atoms with E-state index in [0.717, 1.165) is 31.2 Å². The van der Waals surface area contributed by atoms with E-state index in [0.29, 0.717) is 17.1 Å². The fourth-order valence-corrected chi connectivity index (χ4v) is 2.18. The Morgan fingerprint density at radius 3 is 2.48 bits per heavy atom. The molecule has 0 radical (unpaired) electrons. The molecule has 0 aromatic heterocycles. The van der Waals surface area contributed by atoms with Gasteiger partial charge in [-0.25, -0.2) is 8.78 Å². The molecule has 0 atom stereocenters. The van der Waals surface area contributed by atoms with Crippen molar-refractivity contribution in [1.29, 1.82) is 0 Å². The van der Waals surface area contributed by atoms with Crippen LogP contribution in [0.2, 0.25) is 0 Å². The van der Waals surface area contributed by atoms with Crippen molar-refractivity contribution >= 4 is 0 Å². The monoisotopic (exact) mass is 290 g/mol. The second kappa shape index (κ2) is 7.21. The molecule has 3 heteroatoms. The van der Waals surface area contributed by atoms with E-state index in [-0.39, 0.29) is 11.6 Å². The van der Waals surface area contributed by atoms with Crippen LogP contribution in [0, 0.1) is 18.6 Å². The zero-order valence-electron chi connectivity index (χ0n) is 12.5. The van der Waals surface area contributed by atoms with Gasteiger partial charge < -0.3 is 4.74 Å².